The number of aliphatic imine (C=N–C) groups is 1. The molecule has 2 saturated carbocycles. The third-order valence-corrected chi connectivity index (χ3v) is 4.57. The molecule has 110 valence electrons. The van der Waals surface area contributed by atoms with Crippen LogP contribution in [0.2, 0.25) is 0 Å². The van der Waals surface area contributed by atoms with E-state index in [1.807, 2.05) is 25.1 Å². The maximum Gasteiger partial charge on any atom is 2.00 e. The summed E-state index contributed by atoms with van der Waals surface area (Å²) in [6.07, 6.45) is 10.0. The first-order chi connectivity index (χ1) is 9.43. The molecule has 21 heavy (non-hydrogen) atoms. The Bertz CT molecular complexity index is 342. The Morgan fingerprint density at radius 2 is 1.19 bits per heavy atom. The Kier molecular flexibility index (Phi) is 7.20. The van der Waals surface area contributed by atoms with Gasteiger partial charge in [0.05, 0.1) is 0 Å². The van der Waals surface area contributed by atoms with Crippen LogP contribution < -0.4 is 0 Å². The van der Waals surface area contributed by atoms with E-state index in [9.17, 15) is 0 Å². The van der Waals surface area contributed by atoms with Crippen molar-refractivity contribution in [2.45, 2.75) is 41.5 Å². The van der Waals surface area contributed by atoms with Crippen molar-refractivity contribution in [1.29, 1.82) is 0 Å². The van der Waals surface area contributed by atoms with Gasteiger partial charge in [0.1, 0.15) is 6.04 Å². The van der Waals surface area contributed by atoms with Gasteiger partial charge in [0.2, 0.25) is 0 Å². The molecule has 1 aliphatic heterocycles. The number of fused-ring (bicyclic) bond motifs is 1. The number of hydrogen-bond acceptors (Lipinski definition) is 1. The van der Waals surface area contributed by atoms with Gasteiger partial charge in [0.25, 0.3) is 0 Å². The number of allylic oxidation sites excluding steroid dienone is 1. The van der Waals surface area contributed by atoms with E-state index in [1.54, 1.807) is 0 Å². The second kappa shape index (κ2) is 7.97. The van der Waals surface area contributed by atoms with Gasteiger partial charge < -0.3 is 0 Å². The molecule has 3 rings (SSSR count). The smallest absolute Gasteiger partial charge is 0.283 e. The van der Waals surface area contributed by atoms with E-state index in [4.69, 9.17) is 0 Å². The molecule has 0 unspecified atom stereocenters. The summed E-state index contributed by atoms with van der Waals surface area (Å²) in [5, 5.41) is 0. The number of dihydropyridines is 1. The van der Waals surface area contributed by atoms with Gasteiger partial charge in [-0.25, -0.2) is 0 Å². The molecule has 0 aromatic rings. The standard InChI is InChI=1S/C10H15.C9H8N.Fe/c1-6-7(2)9(4)10(5)8(6)3;1-7-5-6-10-9-4-2-3-8(7)9;/h1-5H3;2-6H,1H3;/q;;+2. The average Bonchev–Trinajstić information content (AvgIpc) is 2.99. The molecule has 0 bridgehead atoms. The van der Waals surface area contributed by atoms with Crippen LogP contribution in [0.5, 0.6) is 0 Å². The molecule has 0 spiro atoms. The first-order valence-electron chi connectivity index (χ1n) is 7.10. The van der Waals surface area contributed by atoms with Crippen molar-refractivity contribution in [3.63, 3.8) is 0 Å². The van der Waals surface area contributed by atoms with E-state index in [0.717, 1.165) is 6.04 Å². The van der Waals surface area contributed by atoms with Crippen molar-refractivity contribution < 1.29 is 17.1 Å². The topological polar surface area (TPSA) is 12.4 Å². The minimum atomic E-state index is 0. The van der Waals surface area contributed by atoms with E-state index in [-0.39, 0.29) is 17.1 Å². The first-order valence-corrected chi connectivity index (χ1v) is 7.10. The predicted octanol–water partition coefficient (Wildman–Crippen LogP) is 4.72. The molecule has 2 heteroatoms. The molecule has 0 atom stereocenters. The summed E-state index contributed by atoms with van der Waals surface area (Å²) in [7, 11) is 0. The summed E-state index contributed by atoms with van der Waals surface area (Å²) in [5.74, 6) is 8.60. The largest absolute Gasteiger partial charge is 2.00 e. The van der Waals surface area contributed by atoms with Crippen molar-refractivity contribution in [3.8, 4) is 0 Å². The zero-order valence-electron chi connectivity index (χ0n) is 13.7. The SMILES string of the molecule is CC1=CC=N[C]2[CH][CH][CH][C]21.C[C]1[C](C)[C](C)[C](C)[C]1C.[Fe+2]. The van der Waals surface area contributed by atoms with Crippen molar-refractivity contribution in [2.24, 2.45) is 4.99 Å². The fraction of sp³-hybridized carbons (Fsp3) is 0.316. The Morgan fingerprint density at radius 1 is 0.714 bits per heavy atom. The average molecular weight is 321 g/mol. The molecule has 1 heterocycles. The Hall–Kier alpha value is -0.0705. The van der Waals surface area contributed by atoms with Crippen LogP contribution in [0.15, 0.2) is 16.6 Å². The van der Waals surface area contributed by atoms with Crippen LogP contribution in [0, 0.1) is 60.8 Å². The van der Waals surface area contributed by atoms with Crippen molar-refractivity contribution in [1.82, 2.24) is 0 Å². The van der Waals surface area contributed by atoms with Gasteiger partial charge in [-0.05, 0) is 61.9 Å². The normalized spacial score (nSPS) is 26.3. The predicted molar refractivity (Wildman–Crippen MR) is 86.2 cm³/mol. The third kappa shape index (κ3) is 4.02. The zero-order chi connectivity index (χ0) is 14.9. The number of hydrogen-bond donors (Lipinski definition) is 0. The second-order valence-corrected chi connectivity index (χ2v) is 5.58. The van der Waals surface area contributed by atoms with Crippen LogP contribution in [0.25, 0.3) is 0 Å². The molecule has 1 nitrogen and oxygen atoms in total. The molecule has 2 fully saturated rings. The first kappa shape index (κ1) is 19.0. The zero-order valence-corrected chi connectivity index (χ0v) is 14.8. The molecular weight excluding hydrogens is 298 g/mol. The van der Waals surface area contributed by atoms with Gasteiger partial charge in [0.15, 0.2) is 0 Å². The van der Waals surface area contributed by atoms with E-state index in [1.165, 1.54) is 41.1 Å². The maximum absolute atomic E-state index is 4.20. The quantitative estimate of drug-likeness (QED) is 0.573. The molecule has 0 saturated heterocycles. The fourth-order valence-electron chi connectivity index (χ4n) is 2.58. The van der Waals surface area contributed by atoms with Gasteiger partial charge in [-0.2, -0.15) is 0 Å². The minimum Gasteiger partial charge on any atom is -0.283 e. The summed E-state index contributed by atoms with van der Waals surface area (Å²) >= 11 is 0. The van der Waals surface area contributed by atoms with Crippen molar-refractivity contribution >= 4 is 6.21 Å². The van der Waals surface area contributed by atoms with Gasteiger partial charge in [-0.3, -0.25) is 4.99 Å². The third-order valence-electron chi connectivity index (χ3n) is 4.57. The molecule has 2 aliphatic carbocycles. The van der Waals surface area contributed by atoms with E-state index >= 15 is 0 Å². The fourth-order valence-corrected chi connectivity index (χ4v) is 2.58. The van der Waals surface area contributed by atoms with Crippen LogP contribution in [0.1, 0.15) is 41.5 Å². The molecule has 0 aromatic carbocycles. The molecule has 0 aromatic heterocycles. The molecule has 0 amide bonds. The minimum absolute atomic E-state index is 0. The molecule has 3 aliphatic rings. The van der Waals surface area contributed by atoms with Crippen LogP contribution in [0.3, 0.4) is 0 Å². The Morgan fingerprint density at radius 3 is 1.62 bits per heavy atom. The van der Waals surface area contributed by atoms with E-state index in [0.29, 0.717) is 0 Å². The summed E-state index contributed by atoms with van der Waals surface area (Å²) < 4.78 is 0. The van der Waals surface area contributed by atoms with Crippen molar-refractivity contribution in [2.75, 3.05) is 0 Å². The molecule has 0 N–H and O–H groups in total. The van der Waals surface area contributed by atoms with Crippen LogP contribution in [-0.4, -0.2) is 6.21 Å². The molecule has 10 radical (unpaired) electrons. The molecular formula is C19H23FeN+2. The van der Waals surface area contributed by atoms with E-state index in [2.05, 4.69) is 53.0 Å². The van der Waals surface area contributed by atoms with Crippen LogP contribution in [0.4, 0.5) is 0 Å². The van der Waals surface area contributed by atoms with Crippen LogP contribution in [-0.2, 0) is 17.1 Å². The number of rotatable bonds is 0. The maximum atomic E-state index is 4.20. The second-order valence-electron chi connectivity index (χ2n) is 5.58. The van der Waals surface area contributed by atoms with Crippen molar-refractivity contribution in [3.05, 3.63) is 72.5 Å². The number of nitrogens with zero attached hydrogens (tertiary/aromatic N) is 1. The summed E-state index contributed by atoms with van der Waals surface area (Å²) in [6, 6.07) is 1.10. The van der Waals surface area contributed by atoms with Gasteiger partial charge in [-0.1, -0.05) is 40.2 Å². The van der Waals surface area contributed by atoms with Crippen LogP contribution >= 0.6 is 0 Å². The van der Waals surface area contributed by atoms with Gasteiger partial charge in [0, 0.05) is 12.1 Å². The van der Waals surface area contributed by atoms with Gasteiger partial charge >= 0.3 is 17.1 Å². The summed E-state index contributed by atoms with van der Waals surface area (Å²) in [4.78, 5) is 4.20. The Labute approximate surface area is 142 Å². The summed E-state index contributed by atoms with van der Waals surface area (Å²) in [6.45, 7) is 13.1. The monoisotopic (exact) mass is 321 g/mol. The van der Waals surface area contributed by atoms with E-state index < -0.39 is 0 Å². The summed E-state index contributed by atoms with van der Waals surface area (Å²) in [5.41, 5.74) is 1.30. The Balaban J connectivity index is 0.000000200. The van der Waals surface area contributed by atoms with Gasteiger partial charge in [-0.15, -0.1) is 0 Å².